The fourth-order valence-electron chi connectivity index (χ4n) is 3.89. The summed E-state index contributed by atoms with van der Waals surface area (Å²) in [4.78, 5) is 11.9. The van der Waals surface area contributed by atoms with Crippen molar-refractivity contribution in [1.82, 2.24) is 0 Å². The molecule has 2 N–H and O–H groups in total. The van der Waals surface area contributed by atoms with E-state index in [0.29, 0.717) is 29.2 Å². The number of amides is 1. The van der Waals surface area contributed by atoms with E-state index in [1.807, 2.05) is 18.2 Å². The second-order valence-corrected chi connectivity index (χ2v) is 7.92. The zero-order chi connectivity index (χ0) is 20.9. The van der Waals surface area contributed by atoms with Gasteiger partial charge in [0.15, 0.2) is 0 Å². The molecule has 0 heterocycles. The van der Waals surface area contributed by atoms with Gasteiger partial charge in [0.25, 0.3) is 0 Å². The van der Waals surface area contributed by atoms with Crippen molar-refractivity contribution in [2.45, 2.75) is 33.6 Å². The summed E-state index contributed by atoms with van der Waals surface area (Å²) >= 11 is 0. The van der Waals surface area contributed by atoms with Gasteiger partial charge in [-0.25, -0.2) is 0 Å². The van der Waals surface area contributed by atoms with Crippen LogP contribution in [0.2, 0.25) is 0 Å². The van der Waals surface area contributed by atoms with Gasteiger partial charge >= 0.3 is 0 Å². The molecule has 0 aliphatic heterocycles. The molecule has 0 aromatic heterocycles. The van der Waals surface area contributed by atoms with Crippen LogP contribution in [0.4, 0.5) is 0 Å². The number of hydrogen-bond donors (Lipinski definition) is 1. The minimum absolute atomic E-state index is 0.0662. The van der Waals surface area contributed by atoms with Crippen LogP contribution < -0.4 is 15.2 Å². The highest BCUT2D eigenvalue weighted by Gasteiger charge is 2.36. The SMILES string of the molecule is COc1cc(OCC(C)(C)[C@@H](c2ccccc2C(N)=O)C(C)C)ccc1C#N. The van der Waals surface area contributed by atoms with Crippen molar-refractivity contribution in [2.75, 3.05) is 13.7 Å². The summed E-state index contributed by atoms with van der Waals surface area (Å²) in [7, 11) is 1.53. The first-order chi connectivity index (χ1) is 13.2. The number of hydrogen-bond acceptors (Lipinski definition) is 4. The molecule has 5 nitrogen and oxygen atoms in total. The Labute approximate surface area is 167 Å². The molecule has 0 spiro atoms. The monoisotopic (exact) mass is 380 g/mol. The number of nitriles is 1. The molecule has 2 aromatic carbocycles. The Kier molecular flexibility index (Phi) is 6.69. The molecular weight excluding hydrogens is 352 g/mol. The van der Waals surface area contributed by atoms with Gasteiger partial charge in [0.05, 0.1) is 19.3 Å². The molecule has 0 aliphatic carbocycles. The van der Waals surface area contributed by atoms with E-state index in [4.69, 9.17) is 20.5 Å². The first-order valence-electron chi connectivity index (χ1n) is 9.31. The Hall–Kier alpha value is -3.00. The van der Waals surface area contributed by atoms with Crippen molar-refractivity contribution in [2.24, 2.45) is 17.1 Å². The molecule has 1 amide bonds. The minimum Gasteiger partial charge on any atom is -0.495 e. The first kappa shape index (κ1) is 21.3. The van der Waals surface area contributed by atoms with Gasteiger partial charge in [0, 0.05) is 17.0 Å². The summed E-state index contributed by atoms with van der Waals surface area (Å²) in [6.45, 7) is 8.94. The third-order valence-electron chi connectivity index (χ3n) is 4.97. The maximum atomic E-state index is 11.9. The molecule has 0 aliphatic rings. The van der Waals surface area contributed by atoms with Crippen molar-refractivity contribution in [3.8, 4) is 17.6 Å². The van der Waals surface area contributed by atoms with Gasteiger partial charge < -0.3 is 15.2 Å². The molecule has 0 radical (unpaired) electrons. The van der Waals surface area contributed by atoms with Crippen LogP contribution in [0.25, 0.3) is 0 Å². The number of nitrogens with two attached hydrogens (primary N) is 1. The lowest BCUT2D eigenvalue weighted by Gasteiger charge is -2.38. The van der Waals surface area contributed by atoms with Crippen molar-refractivity contribution in [3.63, 3.8) is 0 Å². The molecule has 0 saturated carbocycles. The predicted octanol–water partition coefficient (Wildman–Crippen LogP) is 4.51. The number of methoxy groups -OCH3 is 1. The second kappa shape index (κ2) is 8.79. The third-order valence-corrected chi connectivity index (χ3v) is 4.97. The topological polar surface area (TPSA) is 85.3 Å². The molecule has 0 fully saturated rings. The highest BCUT2D eigenvalue weighted by molar-refractivity contribution is 5.94. The van der Waals surface area contributed by atoms with Gasteiger partial charge in [-0.05, 0) is 35.6 Å². The average Bonchev–Trinajstić information content (AvgIpc) is 2.66. The molecule has 1 atom stereocenters. The van der Waals surface area contributed by atoms with E-state index >= 15 is 0 Å². The molecule has 0 saturated heterocycles. The van der Waals surface area contributed by atoms with Gasteiger partial charge in [0.1, 0.15) is 17.6 Å². The molecule has 0 unspecified atom stereocenters. The van der Waals surface area contributed by atoms with E-state index in [1.54, 1.807) is 24.3 Å². The van der Waals surface area contributed by atoms with Crippen LogP contribution >= 0.6 is 0 Å². The van der Waals surface area contributed by atoms with Gasteiger partial charge in [0.2, 0.25) is 5.91 Å². The largest absolute Gasteiger partial charge is 0.495 e. The quantitative estimate of drug-likeness (QED) is 0.730. The molecule has 148 valence electrons. The van der Waals surface area contributed by atoms with Gasteiger partial charge in [-0.2, -0.15) is 5.26 Å². The lowest BCUT2D eigenvalue weighted by molar-refractivity contribution is 0.0990. The summed E-state index contributed by atoms with van der Waals surface area (Å²) < 4.78 is 11.3. The van der Waals surface area contributed by atoms with Crippen LogP contribution in [0.1, 0.15) is 55.1 Å². The minimum atomic E-state index is -0.421. The molecule has 2 aromatic rings. The number of ether oxygens (including phenoxy) is 2. The average molecular weight is 380 g/mol. The Morgan fingerprint density at radius 1 is 1.21 bits per heavy atom. The molecule has 5 heteroatoms. The highest BCUT2D eigenvalue weighted by Crippen LogP contribution is 2.42. The maximum Gasteiger partial charge on any atom is 0.248 e. The number of benzene rings is 2. The first-order valence-corrected chi connectivity index (χ1v) is 9.31. The Bertz CT molecular complexity index is 882. The van der Waals surface area contributed by atoms with E-state index in [9.17, 15) is 4.79 Å². The molecule has 0 bridgehead atoms. The number of nitrogens with zero attached hydrogens (tertiary/aromatic N) is 1. The fourth-order valence-corrected chi connectivity index (χ4v) is 3.89. The van der Waals surface area contributed by atoms with E-state index in [2.05, 4.69) is 33.8 Å². The van der Waals surface area contributed by atoms with E-state index in [0.717, 1.165) is 5.56 Å². The predicted molar refractivity (Wildman–Crippen MR) is 110 cm³/mol. The number of rotatable bonds is 8. The highest BCUT2D eigenvalue weighted by atomic mass is 16.5. The van der Waals surface area contributed by atoms with E-state index in [1.165, 1.54) is 7.11 Å². The van der Waals surface area contributed by atoms with Crippen LogP contribution in [0.5, 0.6) is 11.5 Å². The van der Waals surface area contributed by atoms with Crippen LogP contribution in [-0.4, -0.2) is 19.6 Å². The van der Waals surface area contributed by atoms with Crippen molar-refractivity contribution in [1.29, 1.82) is 5.26 Å². The van der Waals surface area contributed by atoms with Gasteiger partial charge in [-0.3, -0.25) is 4.79 Å². The van der Waals surface area contributed by atoms with Crippen LogP contribution in [-0.2, 0) is 0 Å². The van der Waals surface area contributed by atoms with Crippen LogP contribution in [0.15, 0.2) is 42.5 Å². The molecular formula is C23H28N2O3. The zero-order valence-corrected chi connectivity index (χ0v) is 17.2. The Morgan fingerprint density at radius 3 is 2.46 bits per heavy atom. The van der Waals surface area contributed by atoms with Gasteiger partial charge in [-0.15, -0.1) is 0 Å². The fraction of sp³-hybridized carbons (Fsp3) is 0.391. The maximum absolute atomic E-state index is 11.9. The van der Waals surface area contributed by atoms with Crippen molar-refractivity contribution < 1.29 is 14.3 Å². The Balaban J connectivity index is 2.31. The summed E-state index contributed by atoms with van der Waals surface area (Å²) in [5, 5.41) is 9.12. The van der Waals surface area contributed by atoms with E-state index in [-0.39, 0.29) is 17.3 Å². The zero-order valence-electron chi connectivity index (χ0n) is 17.2. The summed E-state index contributed by atoms with van der Waals surface area (Å²) in [6.07, 6.45) is 0. The smallest absolute Gasteiger partial charge is 0.248 e. The summed E-state index contributed by atoms with van der Waals surface area (Å²) in [6, 6.07) is 14.8. The lowest BCUT2D eigenvalue weighted by atomic mass is 9.68. The lowest BCUT2D eigenvalue weighted by Crippen LogP contribution is -2.34. The number of carbonyl (C=O) groups excluding carboxylic acids is 1. The normalized spacial score (nSPS) is 12.3. The van der Waals surface area contributed by atoms with E-state index < -0.39 is 5.91 Å². The Morgan fingerprint density at radius 2 is 1.89 bits per heavy atom. The van der Waals surface area contributed by atoms with Crippen molar-refractivity contribution >= 4 is 5.91 Å². The van der Waals surface area contributed by atoms with Crippen LogP contribution in [0.3, 0.4) is 0 Å². The van der Waals surface area contributed by atoms with Crippen LogP contribution in [0, 0.1) is 22.7 Å². The third kappa shape index (κ3) is 4.64. The standard InChI is InChI=1S/C23H28N2O3/c1-15(2)21(18-8-6-7-9-19(18)22(25)26)23(3,4)14-28-17-11-10-16(13-24)20(12-17)27-5/h6-12,15,21H,14H2,1-5H3,(H2,25,26)/t21-/m1/s1. The molecule has 2 rings (SSSR count). The summed E-state index contributed by atoms with van der Waals surface area (Å²) in [5.41, 5.74) is 7.29. The summed E-state index contributed by atoms with van der Waals surface area (Å²) in [5.74, 6) is 1.03. The van der Waals surface area contributed by atoms with Crippen molar-refractivity contribution in [3.05, 3.63) is 59.2 Å². The van der Waals surface area contributed by atoms with Gasteiger partial charge in [-0.1, -0.05) is 45.9 Å². The number of carbonyl (C=O) groups is 1. The molecule has 28 heavy (non-hydrogen) atoms. The second-order valence-electron chi connectivity index (χ2n) is 7.92. The number of primary amides is 1.